The highest BCUT2D eigenvalue weighted by molar-refractivity contribution is 9.11. The highest BCUT2D eigenvalue weighted by atomic mass is 79.9. The molecule has 5 rings (SSSR count). The van der Waals surface area contributed by atoms with Crippen molar-refractivity contribution >= 4 is 54.6 Å². The second-order valence-electron chi connectivity index (χ2n) is 7.12. The minimum absolute atomic E-state index is 0.0212. The lowest BCUT2D eigenvalue weighted by Gasteiger charge is -2.35. The van der Waals surface area contributed by atoms with E-state index in [9.17, 15) is 9.59 Å². The number of amides is 1. The minimum Gasteiger partial charge on any atom is -0.421 e. The van der Waals surface area contributed by atoms with Gasteiger partial charge in [0.2, 0.25) is 0 Å². The number of rotatable bonds is 3. The van der Waals surface area contributed by atoms with Gasteiger partial charge in [-0.3, -0.25) is 4.79 Å². The van der Waals surface area contributed by atoms with Crippen LogP contribution >= 0.6 is 31.9 Å². The standard InChI is InChI=1S/C20H15Br2N7O3/c21-13-7-12-8-14(20(31)32-18(12)15(22)9-13)19(30)28-5-3-27(4-6-28)16-1-2-17(26-25-16)29-11-23-10-24-29/h1-2,7-11H,3-6H2. The topological polar surface area (TPSA) is 110 Å². The van der Waals surface area contributed by atoms with Crippen LogP contribution in [0.5, 0.6) is 0 Å². The number of piperazine rings is 1. The van der Waals surface area contributed by atoms with Crippen LogP contribution in [0.3, 0.4) is 0 Å². The van der Waals surface area contributed by atoms with E-state index in [1.165, 1.54) is 11.0 Å². The van der Waals surface area contributed by atoms with Crippen LogP contribution in [0.2, 0.25) is 0 Å². The monoisotopic (exact) mass is 559 g/mol. The van der Waals surface area contributed by atoms with Gasteiger partial charge in [-0.05, 0) is 46.3 Å². The molecule has 1 fully saturated rings. The van der Waals surface area contributed by atoms with E-state index >= 15 is 0 Å². The molecular formula is C20H15Br2N7O3. The van der Waals surface area contributed by atoms with E-state index in [1.807, 2.05) is 17.0 Å². The zero-order valence-electron chi connectivity index (χ0n) is 16.5. The Kier molecular flexibility index (Phi) is 5.47. The van der Waals surface area contributed by atoms with Crippen LogP contribution in [-0.4, -0.2) is 61.9 Å². The van der Waals surface area contributed by atoms with E-state index < -0.39 is 5.63 Å². The molecule has 32 heavy (non-hydrogen) atoms. The molecule has 0 N–H and O–H groups in total. The van der Waals surface area contributed by atoms with Crippen molar-refractivity contribution in [3.05, 3.63) is 67.9 Å². The molecule has 1 amide bonds. The Morgan fingerprint density at radius 3 is 2.44 bits per heavy atom. The average molecular weight is 561 g/mol. The Hall–Kier alpha value is -3.12. The third kappa shape index (κ3) is 3.91. The number of carbonyl (C=O) groups is 1. The van der Waals surface area contributed by atoms with E-state index in [1.54, 1.807) is 29.4 Å². The van der Waals surface area contributed by atoms with Crippen LogP contribution in [0.1, 0.15) is 10.4 Å². The van der Waals surface area contributed by atoms with E-state index in [-0.39, 0.29) is 11.5 Å². The Morgan fingerprint density at radius 2 is 1.75 bits per heavy atom. The van der Waals surface area contributed by atoms with Crippen LogP contribution in [0.25, 0.3) is 16.8 Å². The van der Waals surface area contributed by atoms with Crippen molar-refractivity contribution in [3.8, 4) is 5.82 Å². The zero-order chi connectivity index (χ0) is 22.2. The maximum Gasteiger partial charge on any atom is 0.349 e. The lowest BCUT2D eigenvalue weighted by molar-refractivity contribution is 0.0742. The lowest BCUT2D eigenvalue weighted by atomic mass is 10.1. The summed E-state index contributed by atoms with van der Waals surface area (Å²) in [6.07, 6.45) is 2.98. The van der Waals surface area contributed by atoms with Gasteiger partial charge in [0.15, 0.2) is 17.2 Å². The molecule has 0 unspecified atom stereocenters. The molecule has 0 bridgehead atoms. The summed E-state index contributed by atoms with van der Waals surface area (Å²) in [7, 11) is 0. The summed E-state index contributed by atoms with van der Waals surface area (Å²) in [5, 5.41) is 13.1. The summed E-state index contributed by atoms with van der Waals surface area (Å²) < 4.78 is 8.39. The Bertz CT molecular complexity index is 1350. The first kappa shape index (κ1) is 20.8. The highest BCUT2D eigenvalue weighted by Gasteiger charge is 2.26. The molecule has 1 aliphatic heterocycles. The van der Waals surface area contributed by atoms with Crippen molar-refractivity contribution in [3.63, 3.8) is 0 Å². The smallest absolute Gasteiger partial charge is 0.349 e. The number of hydrogen-bond acceptors (Lipinski definition) is 8. The number of aromatic nitrogens is 5. The summed E-state index contributed by atoms with van der Waals surface area (Å²) >= 11 is 6.80. The van der Waals surface area contributed by atoms with E-state index in [0.717, 1.165) is 4.47 Å². The number of nitrogens with zero attached hydrogens (tertiary/aromatic N) is 7. The summed E-state index contributed by atoms with van der Waals surface area (Å²) in [6.45, 7) is 2.04. The molecule has 0 aliphatic carbocycles. The van der Waals surface area contributed by atoms with Crippen molar-refractivity contribution < 1.29 is 9.21 Å². The van der Waals surface area contributed by atoms with Gasteiger partial charge in [0.25, 0.3) is 5.91 Å². The Balaban J connectivity index is 1.30. The van der Waals surface area contributed by atoms with Crippen molar-refractivity contribution in [2.45, 2.75) is 0 Å². The molecular weight excluding hydrogens is 546 g/mol. The molecule has 4 aromatic rings. The second kappa shape index (κ2) is 8.43. The number of anilines is 1. The largest absolute Gasteiger partial charge is 0.421 e. The van der Waals surface area contributed by atoms with Crippen molar-refractivity contribution in [1.82, 2.24) is 29.9 Å². The van der Waals surface area contributed by atoms with Crippen LogP contribution in [0.4, 0.5) is 5.82 Å². The van der Waals surface area contributed by atoms with Gasteiger partial charge < -0.3 is 14.2 Å². The van der Waals surface area contributed by atoms with Gasteiger partial charge in [-0.2, -0.15) is 5.10 Å². The van der Waals surface area contributed by atoms with Gasteiger partial charge in [0.1, 0.15) is 18.2 Å². The van der Waals surface area contributed by atoms with Gasteiger partial charge in [-0.25, -0.2) is 14.5 Å². The molecule has 0 atom stereocenters. The summed E-state index contributed by atoms with van der Waals surface area (Å²) in [6, 6.07) is 8.84. The van der Waals surface area contributed by atoms with Gasteiger partial charge >= 0.3 is 5.63 Å². The fourth-order valence-corrected chi connectivity index (χ4v) is 4.89. The van der Waals surface area contributed by atoms with Crippen LogP contribution in [0, 0.1) is 0 Å². The first-order valence-electron chi connectivity index (χ1n) is 9.65. The first-order valence-corrected chi connectivity index (χ1v) is 11.2. The first-order chi connectivity index (χ1) is 15.5. The van der Waals surface area contributed by atoms with E-state index in [4.69, 9.17) is 4.42 Å². The SMILES string of the molecule is O=C(c1cc2cc(Br)cc(Br)c2oc1=O)N1CCN(c2ccc(-n3cncn3)nn2)CC1. The van der Waals surface area contributed by atoms with E-state index in [0.29, 0.717) is 53.3 Å². The molecule has 162 valence electrons. The lowest BCUT2D eigenvalue weighted by Crippen LogP contribution is -2.49. The fourth-order valence-electron chi connectivity index (χ4n) is 3.55. The Morgan fingerprint density at radius 1 is 1.00 bits per heavy atom. The molecule has 3 aromatic heterocycles. The molecule has 0 spiro atoms. The predicted molar refractivity (Wildman–Crippen MR) is 123 cm³/mol. The molecule has 10 nitrogen and oxygen atoms in total. The van der Waals surface area contributed by atoms with Crippen LogP contribution in [0.15, 0.2) is 61.1 Å². The van der Waals surface area contributed by atoms with Gasteiger partial charge in [0, 0.05) is 36.0 Å². The third-order valence-corrected chi connectivity index (χ3v) is 6.21. The zero-order valence-corrected chi connectivity index (χ0v) is 19.7. The van der Waals surface area contributed by atoms with Crippen LogP contribution in [-0.2, 0) is 0 Å². The molecule has 0 radical (unpaired) electrons. The second-order valence-corrected chi connectivity index (χ2v) is 8.89. The van der Waals surface area contributed by atoms with Gasteiger partial charge in [-0.15, -0.1) is 10.2 Å². The highest BCUT2D eigenvalue weighted by Crippen LogP contribution is 2.28. The maximum atomic E-state index is 13.0. The number of halogens is 2. The quantitative estimate of drug-likeness (QED) is 0.352. The van der Waals surface area contributed by atoms with Crippen LogP contribution < -0.4 is 10.5 Å². The average Bonchev–Trinajstić information content (AvgIpc) is 3.34. The minimum atomic E-state index is -0.650. The molecule has 12 heteroatoms. The van der Waals surface area contributed by atoms with Crippen molar-refractivity contribution in [2.24, 2.45) is 0 Å². The molecule has 1 aliphatic rings. The molecule has 0 saturated carbocycles. The van der Waals surface area contributed by atoms with Crippen molar-refractivity contribution in [2.75, 3.05) is 31.1 Å². The number of carbonyl (C=O) groups excluding carboxylic acids is 1. The summed E-state index contributed by atoms with van der Waals surface area (Å²) in [4.78, 5) is 33.1. The third-order valence-electron chi connectivity index (χ3n) is 5.16. The number of hydrogen-bond donors (Lipinski definition) is 0. The molecule has 1 saturated heterocycles. The number of benzene rings is 1. The van der Waals surface area contributed by atoms with Gasteiger partial charge in [-0.1, -0.05) is 15.9 Å². The Labute approximate surface area is 198 Å². The maximum absolute atomic E-state index is 13.0. The number of fused-ring (bicyclic) bond motifs is 1. The normalized spacial score (nSPS) is 14.2. The van der Waals surface area contributed by atoms with E-state index in [2.05, 4.69) is 52.1 Å². The molecule has 1 aromatic carbocycles. The van der Waals surface area contributed by atoms with Crippen molar-refractivity contribution in [1.29, 1.82) is 0 Å². The summed E-state index contributed by atoms with van der Waals surface area (Å²) in [5.41, 5.74) is -0.220. The predicted octanol–water partition coefficient (Wildman–Crippen LogP) is 2.65. The fraction of sp³-hybridized carbons (Fsp3) is 0.200. The molecule has 4 heterocycles. The van der Waals surface area contributed by atoms with Gasteiger partial charge in [0.05, 0.1) is 4.47 Å². The summed E-state index contributed by atoms with van der Waals surface area (Å²) in [5.74, 6) is 0.936.